The molecule has 12 heavy (non-hydrogen) atoms. The van der Waals surface area contributed by atoms with E-state index in [-0.39, 0.29) is 0 Å². The van der Waals surface area contributed by atoms with Crippen LogP contribution in [0.4, 0.5) is 0 Å². The third-order valence-electron chi connectivity index (χ3n) is 2.67. The molecule has 2 nitrogen and oxygen atoms in total. The van der Waals surface area contributed by atoms with Crippen molar-refractivity contribution in [2.24, 2.45) is 5.73 Å². The van der Waals surface area contributed by atoms with Crippen molar-refractivity contribution in [3.8, 4) is 0 Å². The van der Waals surface area contributed by atoms with Gasteiger partial charge in [0.1, 0.15) is 0 Å². The smallest absolute Gasteiger partial charge is 0.00816 e. The van der Waals surface area contributed by atoms with Crippen LogP contribution in [0.5, 0.6) is 0 Å². The highest BCUT2D eigenvalue weighted by Crippen LogP contribution is 2.10. The lowest BCUT2D eigenvalue weighted by molar-refractivity contribution is 0.153. The van der Waals surface area contributed by atoms with Crippen LogP contribution in [-0.4, -0.2) is 30.1 Å². The largest absolute Gasteiger partial charge is 0.330 e. The first kappa shape index (κ1) is 11.9. The minimum absolute atomic E-state index is 0.634. The Morgan fingerprint density at radius 2 is 1.75 bits per heavy atom. The van der Waals surface area contributed by atoms with E-state index in [9.17, 15) is 0 Å². The lowest BCUT2D eigenvalue weighted by Crippen LogP contribution is -2.40. The molecule has 0 radical (unpaired) electrons. The van der Waals surface area contributed by atoms with E-state index in [0.717, 1.165) is 19.5 Å². The fraction of sp³-hybridized carbons (Fsp3) is 1.00. The number of rotatable bonds is 6. The molecule has 0 aromatic rings. The van der Waals surface area contributed by atoms with E-state index in [2.05, 4.69) is 32.6 Å². The van der Waals surface area contributed by atoms with E-state index in [1.54, 1.807) is 0 Å². The molecule has 0 aliphatic carbocycles. The molecule has 74 valence electrons. The van der Waals surface area contributed by atoms with Gasteiger partial charge in [0.25, 0.3) is 0 Å². The summed E-state index contributed by atoms with van der Waals surface area (Å²) in [4.78, 5) is 2.52. The predicted octanol–water partition coefficient (Wildman–Crippen LogP) is 1.84. The van der Waals surface area contributed by atoms with Crippen molar-refractivity contribution in [3.63, 3.8) is 0 Å². The fourth-order valence-electron chi connectivity index (χ4n) is 1.70. The highest BCUT2D eigenvalue weighted by Gasteiger charge is 2.15. The molecule has 0 spiro atoms. The minimum atomic E-state index is 0.634. The summed E-state index contributed by atoms with van der Waals surface area (Å²) in [6.45, 7) is 10.9. The molecule has 0 aromatic heterocycles. The van der Waals surface area contributed by atoms with Crippen LogP contribution in [-0.2, 0) is 0 Å². The average Bonchev–Trinajstić information content (AvgIpc) is 2.06. The standard InChI is InChI=1S/C10H24N2/c1-5-9(3)12(6-2)10(4)7-8-11/h9-10H,5-8,11H2,1-4H3. The Labute approximate surface area is 77.1 Å². The third kappa shape index (κ3) is 3.55. The summed E-state index contributed by atoms with van der Waals surface area (Å²) in [5, 5.41) is 0. The predicted molar refractivity (Wildman–Crippen MR) is 55.3 cm³/mol. The zero-order valence-electron chi connectivity index (χ0n) is 9.01. The van der Waals surface area contributed by atoms with E-state index in [1.807, 2.05) is 0 Å². The molecular weight excluding hydrogens is 148 g/mol. The molecule has 0 rings (SSSR count). The molecule has 2 atom stereocenters. The van der Waals surface area contributed by atoms with E-state index in [4.69, 9.17) is 5.73 Å². The first-order valence-electron chi connectivity index (χ1n) is 5.13. The Balaban J connectivity index is 3.94. The summed E-state index contributed by atoms with van der Waals surface area (Å²) in [6.07, 6.45) is 2.33. The van der Waals surface area contributed by atoms with Gasteiger partial charge in [-0.25, -0.2) is 0 Å². The van der Waals surface area contributed by atoms with E-state index < -0.39 is 0 Å². The summed E-state index contributed by atoms with van der Waals surface area (Å²) >= 11 is 0. The molecule has 2 heteroatoms. The van der Waals surface area contributed by atoms with Gasteiger partial charge >= 0.3 is 0 Å². The molecule has 0 aliphatic heterocycles. The Hall–Kier alpha value is -0.0800. The Morgan fingerprint density at radius 1 is 1.17 bits per heavy atom. The lowest BCUT2D eigenvalue weighted by Gasteiger charge is -2.32. The van der Waals surface area contributed by atoms with Crippen LogP contribution in [0.25, 0.3) is 0 Å². The van der Waals surface area contributed by atoms with Crippen LogP contribution >= 0.6 is 0 Å². The topological polar surface area (TPSA) is 29.3 Å². The van der Waals surface area contributed by atoms with Gasteiger partial charge < -0.3 is 5.73 Å². The number of hydrogen-bond acceptors (Lipinski definition) is 2. The SMILES string of the molecule is CCC(C)N(CC)C(C)CCN. The van der Waals surface area contributed by atoms with E-state index >= 15 is 0 Å². The van der Waals surface area contributed by atoms with Gasteiger partial charge in [-0.3, -0.25) is 4.90 Å². The van der Waals surface area contributed by atoms with Crippen molar-refractivity contribution in [1.29, 1.82) is 0 Å². The molecule has 0 aliphatic rings. The zero-order valence-corrected chi connectivity index (χ0v) is 9.01. The van der Waals surface area contributed by atoms with Gasteiger partial charge in [0.2, 0.25) is 0 Å². The molecule has 0 amide bonds. The number of nitrogens with two attached hydrogens (primary N) is 1. The minimum Gasteiger partial charge on any atom is -0.330 e. The summed E-state index contributed by atoms with van der Waals surface area (Å²) in [6, 6.07) is 1.33. The summed E-state index contributed by atoms with van der Waals surface area (Å²) < 4.78 is 0. The molecule has 0 fully saturated rings. The van der Waals surface area contributed by atoms with Gasteiger partial charge in [-0.2, -0.15) is 0 Å². The van der Waals surface area contributed by atoms with Crippen LogP contribution in [0, 0.1) is 0 Å². The molecule has 0 saturated carbocycles. The van der Waals surface area contributed by atoms with Crippen LogP contribution in [0.15, 0.2) is 0 Å². The molecule has 2 unspecified atom stereocenters. The second kappa shape index (κ2) is 6.44. The molecule has 0 bridgehead atoms. The monoisotopic (exact) mass is 172 g/mol. The van der Waals surface area contributed by atoms with Gasteiger partial charge in [0.15, 0.2) is 0 Å². The third-order valence-corrected chi connectivity index (χ3v) is 2.67. The van der Waals surface area contributed by atoms with Crippen molar-refractivity contribution in [2.75, 3.05) is 13.1 Å². The maximum Gasteiger partial charge on any atom is 0.00816 e. The van der Waals surface area contributed by atoms with Gasteiger partial charge in [-0.15, -0.1) is 0 Å². The Kier molecular flexibility index (Phi) is 6.39. The molecular formula is C10H24N2. The lowest BCUT2D eigenvalue weighted by atomic mass is 10.1. The molecule has 2 N–H and O–H groups in total. The molecule has 0 aromatic carbocycles. The summed E-state index contributed by atoms with van der Waals surface area (Å²) in [7, 11) is 0. The van der Waals surface area contributed by atoms with Crippen molar-refractivity contribution in [3.05, 3.63) is 0 Å². The van der Waals surface area contributed by atoms with Crippen molar-refractivity contribution in [1.82, 2.24) is 4.90 Å². The van der Waals surface area contributed by atoms with Gasteiger partial charge in [-0.05, 0) is 39.8 Å². The second-order valence-corrected chi connectivity index (χ2v) is 3.51. The number of hydrogen-bond donors (Lipinski definition) is 1. The Morgan fingerprint density at radius 3 is 2.08 bits per heavy atom. The normalized spacial score (nSPS) is 16.5. The van der Waals surface area contributed by atoms with Crippen molar-refractivity contribution in [2.45, 2.75) is 52.6 Å². The molecule has 0 saturated heterocycles. The second-order valence-electron chi connectivity index (χ2n) is 3.51. The van der Waals surface area contributed by atoms with Gasteiger partial charge in [0.05, 0.1) is 0 Å². The quantitative estimate of drug-likeness (QED) is 0.662. The van der Waals surface area contributed by atoms with Crippen molar-refractivity contribution < 1.29 is 0 Å². The van der Waals surface area contributed by atoms with Crippen LogP contribution in [0.3, 0.4) is 0 Å². The first-order chi connectivity index (χ1) is 5.67. The maximum atomic E-state index is 5.54. The molecule has 0 heterocycles. The first-order valence-corrected chi connectivity index (χ1v) is 5.13. The summed E-state index contributed by atoms with van der Waals surface area (Å²) in [5.74, 6) is 0. The highest BCUT2D eigenvalue weighted by atomic mass is 15.2. The van der Waals surface area contributed by atoms with E-state index in [1.165, 1.54) is 6.42 Å². The zero-order chi connectivity index (χ0) is 9.56. The average molecular weight is 172 g/mol. The van der Waals surface area contributed by atoms with Gasteiger partial charge in [0, 0.05) is 12.1 Å². The van der Waals surface area contributed by atoms with E-state index in [0.29, 0.717) is 12.1 Å². The van der Waals surface area contributed by atoms with Gasteiger partial charge in [-0.1, -0.05) is 13.8 Å². The van der Waals surface area contributed by atoms with Crippen molar-refractivity contribution >= 4 is 0 Å². The Bertz CT molecular complexity index is 104. The highest BCUT2D eigenvalue weighted by molar-refractivity contribution is 4.71. The van der Waals surface area contributed by atoms with Crippen LogP contribution < -0.4 is 5.73 Å². The maximum absolute atomic E-state index is 5.54. The summed E-state index contributed by atoms with van der Waals surface area (Å²) in [5.41, 5.74) is 5.54. The van der Waals surface area contributed by atoms with Crippen LogP contribution in [0.2, 0.25) is 0 Å². The number of nitrogens with zero attached hydrogens (tertiary/aromatic N) is 1. The fourth-order valence-corrected chi connectivity index (χ4v) is 1.70. The van der Waals surface area contributed by atoms with Crippen LogP contribution in [0.1, 0.15) is 40.5 Å².